The molecule has 1 atom stereocenters. The summed E-state index contributed by atoms with van der Waals surface area (Å²) in [5, 5.41) is 7.90. The maximum Gasteiger partial charge on any atom is 0.462 e. The zero-order valence-electron chi connectivity index (χ0n) is 10.5. The van der Waals surface area contributed by atoms with Crippen molar-refractivity contribution in [1.82, 2.24) is 0 Å². The van der Waals surface area contributed by atoms with Gasteiger partial charge in [0.25, 0.3) is 6.17 Å². The highest BCUT2D eigenvalue weighted by Crippen LogP contribution is 2.50. The Balaban J connectivity index is 5.42. The molecule has 0 bridgehead atoms. The summed E-state index contributed by atoms with van der Waals surface area (Å²) in [6, 6.07) is 0. The molecule has 24 heavy (non-hydrogen) atoms. The van der Waals surface area contributed by atoms with Crippen molar-refractivity contribution >= 4 is 5.97 Å². The van der Waals surface area contributed by atoms with E-state index in [-0.39, 0.29) is 0 Å². The quantitative estimate of drug-likeness (QED) is 0.644. The first kappa shape index (κ1) is 22.6. The maximum absolute atomic E-state index is 12.8. The number of aliphatic carboxylic acids is 1. The second kappa shape index (κ2) is 6.45. The van der Waals surface area contributed by atoms with Crippen LogP contribution in [0.15, 0.2) is 0 Å². The molecule has 0 spiro atoms. The van der Waals surface area contributed by atoms with Gasteiger partial charge in [-0.1, -0.05) is 0 Å². The van der Waals surface area contributed by atoms with Crippen molar-refractivity contribution < 1.29 is 72.1 Å². The number of hydrogen-bond acceptors (Lipinski definition) is 3. The van der Waals surface area contributed by atoms with Crippen LogP contribution in [-0.4, -0.2) is 54.3 Å². The van der Waals surface area contributed by atoms with Crippen LogP contribution in [0.5, 0.6) is 0 Å². The van der Waals surface area contributed by atoms with Crippen LogP contribution in [0.4, 0.5) is 52.7 Å². The Labute approximate surface area is 122 Å². The van der Waals surface area contributed by atoms with E-state index in [0.29, 0.717) is 0 Å². The van der Waals surface area contributed by atoms with E-state index >= 15 is 0 Å². The van der Waals surface area contributed by atoms with Crippen LogP contribution in [0.1, 0.15) is 0 Å². The van der Waals surface area contributed by atoms with Crippen LogP contribution in [0.25, 0.3) is 0 Å². The van der Waals surface area contributed by atoms with E-state index in [1.54, 1.807) is 4.74 Å². The molecule has 4 nitrogen and oxygen atoms in total. The number of carbonyl (C=O) groups is 1. The fourth-order valence-electron chi connectivity index (χ4n) is 0.878. The second-order valence-corrected chi connectivity index (χ2v) is 3.86. The monoisotopic (exact) mass is 392 g/mol. The number of rotatable bonds is 8. The Morgan fingerprint density at radius 1 is 0.875 bits per heavy atom. The average Bonchev–Trinajstić information content (AvgIpc) is 2.32. The molecule has 16 heteroatoms. The zero-order chi connectivity index (χ0) is 19.8. The predicted molar refractivity (Wildman–Crippen MR) is 45.4 cm³/mol. The summed E-state index contributed by atoms with van der Waals surface area (Å²) in [6.45, 7) is -2.14. The van der Waals surface area contributed by atoms with Crippen molar-refractivity contribution in [3.63, 3.8) is 0 Å². The molecule has 0 radical (unpaired) electrons. The molecule has 0 saturated heterocycles. The molecule has 0 aliphatic rings. The molecular formula is C8H4F12O4. The minimum atomic E-state index is -7.29. The van der Waals surface area contributed by atoms with E-state index in [4.69, 9.17) is 5.11 Å². The molecule has 0 heterocycles. The van der Waals surface area contributed by atoms with Gasteiger partial charge in [-0.2, -0.15) is 48.3 Å². The molecule has 0 rings (SSSR count). The van der Waals surface area contributed by atoms with Gasteiger partial charge in [-0.05, 0) is 0 Å². The van der Waals surface area contributed by atoms with Crippen LogP contribution in [0.2, 0.25) is 0 Å². The molecule has 0 aromatic heterocycles. The lowest BCUT2D eigenvalue weighted by atomic mass is 10.3. The molecule has 0 aromatic rings. The third-order valence-electron chi connectivity index (χ3n) is 1.96. The first-order valence-corrected chi connectivity index (χ1v) is 5.06. The lowest BCUT2D eigenvalue weighted by molar-refractivity contribution is -0.490. The summed E-state index contributed by atoms with van der Waals surface area (Å²) in [5.74, 6) is -9.56. The average molecular weight is 392 g/mol. The molecule has 0 aliphatic heterocycles. The first-order chi connectivity index (χ1) is 10.3. The highest BCUT2D eigenvalue weighted by atomic mass is 19.4. The Kier molecular flexibility index (Phi) is 6.06. The molecule has 1 unspecified atom stereocenters. The Morgan fingerprint density at radius 3 is 1.62 bits per heavy atom. The lowest BCUT2D eigenvalue weighted by Crippen LogP contribution is -2.59. The number of halogens is 12. The molecule has 1 N–H and O–H groups in total. The van der Waals surface area contributed by atoms with E-state index < -0.39 is 49.2 Å². The number of carboxylic acids is 1. The van der Waals surface area contributed by atoms with E-state index in [9.17, 15) is 57.5 Å². The highest BCUT2D eigenvalue weighted by molar-refractivity contribution is 5.68. The van der Waals surface area contributed by atoms with Crippen molar-refractivity contribution in [2.45, 2.75) is 36.6 Å². The van der Waals surface area contributed by atoms with Gasteiger partial charge in [0, 0.05) is 0 Å². The molecule has 0 saturated carbocycles. The third-order valence-corrected chi connectivity index (χ3v) is 1.96. The van der Waals surface area contributed by atoms with Gasteiger partial charge in [-0.15, -0.1) is 0 Å². The van der Waals surface area contributed by atoms with Crippen molar-refractivity contribution in [1.29, 1.82) is 0 Å². The SMILES string of the molecule is O=C(O)COC(F)(F)C(F)C(F)(F)OC(F)(F)C(F)(F)C(F)(F)F. The van der Waals surface area contributed by atoms with Crippen molar-refractivity contribution in [2.75, 3.05) is 6.61 Å². The first-order valence-electron chi connectivity index (χ1n) is 5.06. The Bertz CT molecular complexity index is 458. The third kappa shape index (κ3) is 4.78. The van der Waals surface area contributed by atoms with Gasteiger partial charge in [0.15, 0.2) is 6.61 Å². The van der Waals surface area contributed by atoms with Crippen LogP contribution < -0.4 is 0 Å². The normalized spacial score (nSPS) is 16.2. The van der Waals surface area contributed by atoms with Gasteiger partial charge in [0.1, 0.15) is 0 Å². The highest BCUT2D eigenvalue weighted by Gasteiger charge is 2.77. The van der Waals surface area contributed by atoms with Crippen molar-refractivity contribution in [3.8, 4) is 0 Å². The summed E-state index contributed by atoms with van der Waals surface area (Å²) in [5.41, 5.74) is 0. The maximum atomic E-state index is 12.8. The zero-order valence-corrected chi connectivity index (χ0v) is 10.5. The predicted octanol–water partition coefficient (Wildman–Crippen LogP) is 3.42. The minimum Gasteiger partial charge on any atom is -0.480 e. The van der Waals surface area contributed by atoms with E-state index in [1.807, 2.05) is 0 Å². The molecule has 0 aromatic carbocycles. The van der Waals surface area contributed by atoms with Crippen molar-refractivity contribution in [2.24, 2.45) is 0 Å². The van der Waals surface area contributed by atoms with Crippen LogP contribution in [-0.2, 0) is 14.3 Å². The fraction of sp³-hybridized carbons (Fsp3) is 0.875. The van der Waals surface area contributed by atoms with E-state index in [2.05, 4.69) is 4.74 Å². The molecule has 0 aliphatic carbocycles. The smallest absolute Gasteiger partial charge is 0.462 e. The van der Waals surface area contributed by atoms with Gasteiger partial charge >= 0.3 is 36.4 Å². The van der Waals surface area contributed by atoms with Crippen LogP contribution >= 0.6 is 0 Å². The number of ether oxygens (including phenoxy) is 2. The summed E-state index contributed by atoms with van der Waals surface area (Å²) in [6.07, 6.45) is -32.2. The number of carboxylic acid groups (broad SMARTS) is 1. The van der Waals surface area contributed by atoms with Gasteiger partial charge in [-0.3, -0.25) is 0 Å². The lowest BCUT2D eigenvalue weighted by Gasteiger charge is -2.32. The molecule has 0 fully saturated rings. The minimum absolute atomic E-state index is 1.65. The Hall–Kier alpha value is -1.45. The van der Waals surface area contributed by atoms with Gasteiger partial charge in [0.2, 0.25) is 0 Å². The van der Waals surface area contributed by atoms with Crippen molar-refractivity contribution in [3.05, 3.63) is 0 Å². The Morgan fingerprint density at radius 2 is 1.29 bits per heavy atom. The molecule has 0 amide bonds. The topological polar surface area (TPSA) is 55.8 Å². The number of hydrogen-bond donors (Lipinski definition) is 1. The summed E-state index contributed by atoms with van der Waals surface area (Å²) >= 11 is 0. The molecular weight excluding hydrogens is 388 g/mol. The summed E-state index contributed by atoms with van der Waals surface area (Å²) < 4.78 is 153. The number of alkyl halides is 12. The van der Waals surface area contributed by atoms with Gasteiger partial charge < -0.3 is 9.84 Å². The van der Waals surface area contributed by atoms with E-state index in [0.717, 1.165) is 0 Å². The van der Waals surface area contributed by atoms with Crippen LogP contribution in [0.3, 0.4) is 0 Å². The van der Waals surface area contributed by atoms with Crippen LogP contribution in [0, 0.1) is 0 Å². The second-order valence-electron chi connectivity index (χ2n) is 3.86. The van der Waals surface area contributed by atoms with Gasteiger partial charge in [-0.25, -0.2) is 13.9 Å². The standard InChI is InChI=1S/C8H4F12O4/c9-3(4(10,11)23-1-2(21)22)5(12,13)24-8(19,20)6(14,15)7(16,17)18/h3H,1H2,(H,21,22). The van der Waals surface area contributed by atoms with E-state index in [1.165, 1.54) is 0 Å². The molecule has 144 valence electrons. The fourth-order valence-corrected chi connectivity index (χ4v) is 0.878. The largest absolute Gasteiger partial charge is 0.480 e. The summed E-state index contributed by atoms with van der Waals surface area (Å²) in [7, 11) is 0. The van der Waals surface area contributed by atoms with Gasteiger partial charge in [0.05, 0.1) is 0 Å². The summed E-state index contributed by atoms with van der Waals surface area (Å²) in [4.78, 5) is 9.85.